The number of amides is 1. The van der Waals surface area contributed by atoms with Crippen LogP contribution in [0.1, 0.15) is 97.9 Å². The number of ketones is 1. The lowest BCUT2D eigenvalue weighted by Crippen LogP contribution is -2.48. The van der Waals surface area contributed by atoms with E-state index in [2.05, 4.69) is 13.8 Å². The highest BCUT2D eigenvalue weighted by Crippen LogP contribution is 2.58. The molecule has 1 aromatic carbocycles. The molecule has 1 unspecified atom stereocenters. The molecular weight excluding hydrogens is 804 g/mol. The number of hydrogen-bond donors (Lipinski definition) is 1. The Morgan fingerprint density at radius 3 is 2.40 bits per heavy atom. The minimum Gasteiger partial charge on any atom is -0.491 e. The van der Waals surface area contributed by atoms with Crippen molar-refractivity contribution in [2.24, 2.45) is 40.4 Å². The molecule has 14 heteroatoms. The lowest BCUT2D eigenvalue weighted by atomic mass is 9.77. The minimum absolute atomic E-state index is 0.0635. The lowest BCUT2D eigenvalue weighted by Gasteiger charge is -2.35. The number of carboxylic acids is 1. The first-order chi connectivity index (χ1) is 28.4. The Morgan fingerprint density at radius 2 is 1.77 bits per heavy atom. The van der Waals surface area contributed by atoms with E-state index in [1.54, 1.807) is 22.3 Å². The van der Waals surface area contributed by atoms with Crippen molar-refractivity contribution in [1.82, 2.24) is 19.8 Å². The van der Waals surface area contributed by atoms with Gasteiger partial charge in [0.2, 0.25) is 5.91 Å². The number of halogens is 1. The molecule has 7 rings (SSSR count). The van der Waals surface area contributed by atoms with E-state index < -0.39 is 40.8 Å². The van der Waals surface area contributed by atoms with Crippen LogP contribution in [0.25, 0.3) is 22.3 Å². The number of carbonyl (C=O) groups is 4. The normalized spacial score (nSPS) is 26.4. The molecule has 1 aliphatic heterocycles. The summed E-state index contributed by atoms with van der Waals surface area (Å²) >= 11 is 8.62. The summed E-state index contributed by atoms with van der Waals surface area (Å²) in [5.74, 6) is -0.282. The number of nitrogens with zero attached hydrogens (tertiary/aromatic N) is 4. The van der Waals surface area contributed by atoms with Crippen molar-refractivity contribution in [3.63, 3.8) is 0 Å². The van der Waals surface area contributed by atoms with Gasteiger partial charge in [-0.1, -0.05) is 59.6 Å². The molecule has 0 radical (unpaired) electrons. The van der Waals surface area contributed by atoms with E-state index >= 15 is 0 Å². The summed E-state index contributed by atoms with van der Waals surface area (Å²) in [4.78, 5) is 68.8. The number of fused-ring (bicyclic) bond motifs is 2. The van der Waals surface area contributed by atoms with Crippen LogP contribution in [-0.4, -0.2) is 101 Å². The quantitative estimate of drug-likeness (QED) is 0.123. The maximum atomic E-state index is 14.9. The van der Waals surface area contributed by atoms with E-state index in [1.165, 1.54) is 6.42 Å². The van der Waals surface area contributed by atoms with Crippen molar-refractivity contribution in [1.29, 1.82) is 0 Å². The monoisotopic (exact) mass is 864 g/mol. The average Bonchev–Trinajstić information content (AvgIpc) is 3.84. The SMILES string of the molecule is CC[C@@H]1C[C@]1(CC(=O)[C@@H]1C[C@@H](Oc2cc(-c3csc(CC(C)C)n3)nc3c(Cl)c(OCCN(C)C)ccc23)CN1C(=O)[C@@H](CC(=O)OC1C[C@@H]2C[C@@H]2C1)C(C)(C)C)C(=O)O. The molecule has 3 saturated carbocycles. The molecule has 326 valence electrons. The van der Waals surface area contributed by atoms with Gasteiger partial charge in [0, 0.05) is 42.6 Å². The third kappa shape index (κ3) is 9.63. The third-order valence-electron chi connectivity index (χ3n) is 13.1. The molecule has 1 saturated heterocycles. The molecule has 4 fully saturated rings. The molecule has 12 nitrogen and oxygen atoms in total. The fourth-order valence-corrected chi connectivity index (χ4v) is 10.7. The first-order valence-corrected chi connectivity index (χ1v) is 22.9. The van der Waals surface area contributed by atoms with Crippen LogP contribution in [0.4, 0.5) is 0 Å². The van der Waals surface area contributed by atoms with Gasteiger partial charge in [-0.2, -0.15) is 0 Å². The molecule has 3 heterocycles. The van der Waals surface area contributed by atoms with E-state index in [1.807, 2.05) is 64.2 Å². The van der Waals surface area contributed by atoms with E-state index in [0.29, 0.717) is 82.6 Å². The zero-order valence-corrected chi connectivity index (χ0v) is 37.9. The molecule has 3 aromatic rings. The van der Waals surface area contributed by atoms with Gasteiger partial charge in [0.05, 0.1) is 52.3 Å². The molecule has 4 aliphatic rings. The summed E-state index contributed by atoms with van der Waals surface area (Å²) in [5, 5.41) is 14.2. The molecule has 60 heavy (non-hydrogen) atoms. The second kappa shape index (κ2) is 17.5. The van der Waals surface area contributed by atoms with Crippen LogP contribution in [-0.2, 0) is 30.3 Å². The van der Waals surface area contributed by atoms with Crippen molar-refractivity contribution < 1.29 is 38.5 Å². The summed E-state index contributed by atoms with van der Waals surface area (Å²) in [6, 6.07) is 4.54. The Balaban J connectivity index is 1.21. The lowest BCUT2D eigenvalue weighted by molar-refractivity contribution is -0.157. The Morgan fingerprint density at radius 1 is 1.03 bits per heavy atom. The number of thiazole rings is 1. The molecular formula is C46H61ClN4O8S. The van der Waals surface area contributed by atoms with Gasteiger partial charge in [0.1, 0.15) is 35.3 Å². The fourth-order valence-electron chi connectivity index (χ4n) is 9.39. The third-order valence-corrected chi connectivity index (χ3v) is 14.3. The highest BCUT2D eigenvalue weighted by Gasteiger charge is 2.61. The maximum Gasteiger partial charge on any atom is 0.310 e. The number of Topliss-reactive ketones (excluding diaryl/α,β-unsaturated/α-hetero) is 1. The number of carboxylic acid groups (broad SMARTS) is 1. The Bertz CT molecular complexity index is 2110. The number of aliphatic carboxylic acids is 1. The van der Waals surface area contributed by atoms with Gasteiger partial charge >= 0.3 is 11.9 Å². The van der Waals surface area contributed by atoms with Gasteiger partial charge < -0.3 is 29.1 Å². The van der Waals surface area contributed by atoms with E-state index in [9.17, 15) is 24.3 Å². The summed E-state index contributed by atoms with van der Waals surface area (Å²) in [6.45, 7) is 13.2. The Labute approximate surface area is 362 Å². The van der Waals surface area contributed by atoms with Crippen LogP contribution in [0.3, 0.4) is 0 Å². The number of rotatable bonds is 18. The zero-order valence-electron chi connectivity index (χ0n) is 36.3. The summed E-state index contributed by atoms with van der Waals surface area (Å²) < 4.78 is 18.8. The Hall–Kier alpha value is -3.81. The average molecular weight is 866 g/mol. The van der Waals surface area contributed by atoms with Crippen molar-refractivity contribution >= 4 is 57.5 Å². The summed E-state index contributed by atoms with van der Waals surface area (Å²) in [7, 11) is 3.93. The number of esters is 1. The molecule has 1 N–H and O–H groups in total. The van der Waals surface area contributed by atoms with E-state index in [-0.39, 0.29) is 49.5 Å². The molecule has 0 bridgehead atoms. The molecule has 1 amide bonds. The Kier molecular flexibility index (Phi) is 12.9. The van der Waals surface area contributed by atoms with Crippen LogP contribution in [0.15, 0.2) is 23.6 Å². The second-order valence-electron chi connectivity index (χ2n) is 19.5. The number of likely N-dealkylation sites (N-methyl/N-ethyl adjacent to an activating group) is 1. The minimum atomic E-state index is -1.14. The molecule has 2 aromatic heterocycles. The smallest absolute Gasteiger partial charge is 0.310 e. The molecule has 0 spiro atoms. The van der Waals surface area contributed by atoms with Gasteiger partial charge in [-0.3, -0.25) is 19.2 Å². The predicted molar refractivity (Wildman–Crippen MR) is 231 cm³/mol. The highest BCUT2D eigenvalue weighted by molar-refractivity contribution is 7.09. The van der Waals surface area contributed by atoms with Crippen molar-refractivity contribution in [2.45, 2.75) is 118 Å². The highest BCUT2D eigenvalue weighted by atomic mass is 35.5. The number of ether oxygens (including phenoxy) is 3. The van der Waals surface area contributed by atoms with Crippen LogP contribution in [0, 0.1) is 40.4 Å². The van der Waals surface area contributed by atoms with Gasteiger partial charge in [0.25, 0.3) is 0 Å². The summed E-state index contributed by atoms with van der Waals surface area (Å²) in [5.41, 5.74) is -0.0820. The maximum absolute atomic E-state index is 14.9. The van der Waals surface area contributed by atoms with Crippen LogP contribution in [0.5, 0.6) is 11.5 Å². The van der Waals surface area contributed by atoms with Gasteiger partial charge in [-0.15, -0.1) is 11.3 Å². The first kappa shape index (κ1) is 44.3. The number of pyridine rings is 1. The van der Waals surface area contributed by atoms with Gasteiger partial charge in [0.15, 0.2) is 5.78 Å². The fraction of sp³-hybridized carbons (Fsp3) is 0.652. The topological polar surface area (TPSA) is 148 Å². The number of carbonyl (C=O) groups excluding carboxylic acids is 3. The number of likely N-dealkylation sites (tertiary alicyclic amines) is 1. The van der Waals surface area contributed by atoms with Gasteiger partial charge in [-0.05, 0) is 81.0 Å². The number of aromatic nitrogens is 2. The molecule has 8 atom stereocenters. The number of benzene rings is 1. The van der Waals surface area contributed by atoms with Crippen molar-refractivity contribution in [2.75, 3.05) is 33.8 Å². The van der Waals surface area contributed by atoms with Crippen molar-refractivity contribution in [3.8, 4) is 22.9 Å². The first-order valence-electron chi connectivity index (χ1n) is 21.6. The summed E-state index contributed by atoms with van der Waals surface area (Å²) in [6.07, 6.45) is 3.94. The van der Waals surface area contributed by atoms with E-state index in [4.69, 9.17) is 35.8 Å². The van der Waals surface area contributed by atoms with Crippen molar-refractivity contribution in [3.05, 3.63) is 33.6 Å². The zero-order chi connectivity index (χ0) is 43.3. The van der Waals surface area contributed by atoms with Crippen LogP contribution >= 0.6 is 22.9 Å². The van der Waals surface area contributed by atoms with Crippen LogP contribution < -0.4 is 9.47 Å². The number of hydrogen-bond acceptors (Lipinski definition) is 11. The van der Waals surface area contributed by atoms with Crippen LogP contribution in [0.2, 0.25) is 5.02 Å². The largest absolute Gasteiger partial charge is 0.491 e. The van der Waals surface area contributed by atoms with E-state index in [0.717, 1.165) is 24.3 Å². The predicted octanol–water partition coefficient (Wildman–Crippen LogP) is 8.35. The standard InChI is InChI=1S/C46H61ClN4O8S/c1-9-28-21-46(28,44(55)56)22-36(52)35-18-30(23-51(35)43(54)32(45(4,5)6)19-40(53)59-29-16-26-15-27(26)17-29)58-38-20-33(34-24-60-39(48-34)14-25(2)3)49-42-31(38)10-11-37(41(42)47)57-13-12-50(7)8/h10-11,20,24-30,32,35H,9,12-19,21-23H2,1-8H3,(H,55,56)/t26-,27+,28-,29?,30-,32-,35+,46-/m1/s1. The molecule has 3 aliphatic carbocycles. The van der Waals surface area contributed by atoms with Gasteiger partial charge in [-0.25, -0.2) is 9.97 Å². The second-order valence-corrected chi connectivity index (χ2v) is 20.8.